The van der Waals surface area contributed by atoms with Crippen molar-refractivity contribution in [1.29, 1.82) is 0 Å². The summed E-state index contributed by atoms with van der Waals surface area (Å²) >= 11 is 9.37. The molecule has 0 spiro atoms. The highest BCUT2D eigenvalue weighted by molar-refractivity contribution is 9.10. The van der Waals surface area contributed by atoms with E-state index in [1.165, 1.54) is 0 Å². The lowest BCUT2D eigenvalue weighted by Gasteiger charge is -2.16. The van der Waals surface area contributed by atoms with Crippen molar-refractivity contribution >= 4 is 44.8 Å². The summed E-state index contributed by atoms with van der Waals surface area (Å²) in [6.45, 7) is 1.80. The monoisotopic (exact) mass is 352 g/mol. The Hall–Kier alpha value is -1.52. The van der Waals surface area contributed by atoms with E-state index in [4.69, 9.17) is 11.6 Å². The quantitative estimate of drug-likeness (QED) is 0.847. The zero-order valence-electron chi connectivity index (χ0n) is 10.9. The molecular formula is C15H14BrClN2O. The van der Waals surface area contributed by atoms with Crippen molar-refractivity contribution in [3.63, 3.8) is 0 Å². The molecule has 0 fully saturated rings. The Bertz CT molecular complexity index is 604. The van der Waals surface area contributed by atoms with Gasteiger partial charge in [0.25, 0.3) is 0 Å². The molecule has 2 rings (SSSR count). The summed E-state index contributed by atoms with van der Waals surface area (Å²) < 4.78 is 0.862. The van der Waals surface area contributed by atoms with Crippen LogP contribution in [0.2, 0.25) is 5.02 Å². The highest BCUT2D eigenvalue weighted by Crippen LogP contribution is 2.26. The van der Waals surface area contributed by atoms with E-state index in [-0.39, 0.29) is 11.9 Å². The lowest BCUT2D eigenvalue weighted by atomic mass is 10.2. The summed E-state index contributed by atoms with van der Waals surface area (Å²) in [4.78, 5) is 12.1. The summed E-state index contributed by atoms with van der Waals surface area (Å²) in [7, 11) is 0. The van der Waals surface area contributed by atoms with Gasteiger partial charge in [-0.3, -0.25) is 4.79 Å². The average Bonchev–Trinajstić information content (AvgIpc) is 2.44. The third-order valence-corrected chi connectivity index (χ3v) is 3.66. The first-order valence-electron chi connectivity index (χ1n) is 6.14. The van der Waals surface area contributed by atoms with E-state index in [0.717, 1.165) is 15.8 Å². The van der Waals surface area contributed by atoms with Gasteiger partial charge in [-0.15, -0.1) is 0 Å². The van der Waals surface area contributed by atoms with E-state index in [0.29, 0.717) is 5.02 Å². The second kappa shape index (κ2) is 6.77. The van der Waals surface area contributed by atoms with Gasteiger partial charge < -0.3 is 10.6 Å². The van der Waals surface area contributed by atoms with Gasteiger partial charge in [-0.1, -0.05) is 29.8 Å². The molecule has 3 nitrogen and oxygen atoms in total. The lowest BCUT2D eigenvalue weighted by Crippen LogP contribution is -2.31. The Kier molecular flexibility index (Phi) is 5.04. The lowest BCUT2D eigenvalue weighted by molar-refractivity contribution is -0.116. The molecule has 2 aromatic rings. The fourth-order valence-electron chi connectivity index (χ4n) is 1.68. The number of hydrogen-bond acceptors (Lipinski definition) is 2. The molecule has 0 saturated heterocycles. The maximum absolute atomic E-state index is 12.1. The third-order valence-electron chi connectivity index (χ3n) is 2.74. The van der Waals surface area contributed by atoms with Crippen LogP contribution in [0.4, 0.5) is 11.4 Å². The van der Waals surface area contributed by atoms with Crippen molar-refractivity contribution in [2.45, 2.75) is 13.0 Å². The summed E-state index contributed by atoms with van der Waals surface area (Å²) in [6, 6.07) is 14.4. The van der Waals surface area contributed by atoms with Crippen molar-refractivity contribution in [2.75, 3.05) is 10.6 Å². The molecule has 2 aromatic carbocycles. The maximum atomic E-state index is 12.1. The number of benzene rings is 2. The number of carbonyl (C=O) groups excluding carboxylic acids is 1. The predicted molar refractivity (Wildman–Crippen MR) is 87.3 cm³/mol. The van der Waals surface area contributed by atoms with Gasteiger partial charge in [-0.25, -0.2) is 0 Å². The number of carbonyl (C=O) groups is 1. The number of anilines is 2. The molecule has 0 aliphatic carbocycles. The molecule has 2 N–H and O–H groups in total. The van der Waals surface area contributed by atoms with Gasteiger partial charge in [0.05, 0.1) is 5.69 Å². The molecule has 0 heterocycles. The van der Waals surface area contributed by atoms with Gasteiger partial charge in [-0.2, -0.15) is 0 Å². The van der Waals surface area contributed by atoms with Crippen LogP contribution in [0.25, 0.3) is 0 Å². The first-order valence-corrected chi connectivity index (χ1v) is 7.31. The molecule has 5 heteroatoms. The van der Waals surface area contributed by atoms with Crippen LogP contribution < -0.4 is 10.6 Å². The van der Waals surface area contributed by atoms with Crippen LogP contribution in [0, 0.1) is 0 Å². The van der Waals surface area contributed by atoms with Crippen LogP contribution in [0.3, 0.4) is 0 Å². The molecule has 0 saturated carbocycles. The number of amides is 1. The van der Waals surface area contributed by atoms with Gasteiger partial charge in [0.15, 0.2) is 0 Å². The van der Waals surface area contributed by atoms with E-state index in [1.54, 1.807) is 19.1 Å². The molecule has 0 aromatic heterocycles. The van der Waals surface area contributed by atoms with Gasteiger partial charge in [0.1, 0.15) is 6.04 Å². The van der Waals surface area contributed by atoms with E-state index in [1.807, 2.05) is 36.4 Å². The Morgan fingerprint density at radius 3 is 2.60 bits per heavy atom. The van der Waals surface area contributed by atoms with E-state index >= 15 is 0 Å². The summed E-state index contributed by atoms with van der Waals surface area (Å²) in [6.07, 6.45) is 0. The molecule has 0 bridgehead atoms. The van der Waals surface area contributed by atoms with Crippen molar-refractivity contribution in [3.05, 3.63) is 58.0 Å². The largest absolute Gasteiger partial charge is 0.373 e. The summed E-state index contributed by atoms with van der Waals surface area (Å²) in [5.41, 5.74) is 1.56. The SMILES string of the molecule is CC(Nc1cc(Cl)ccc1Br)C(=O)Nc1ccccc1. The van der Waals surface area contributed by atoms with Crippen LogP contribution >= 0.6 is 27.5 Å². The standard InChI is InChI=1S/C15H14BrClN2O/c1-10(15(20)19-12-5-3-2-4-6-12)18-14-9-11(17)7-8-13(14)16/h2-10,18H,1H3,(H,19,20). The summed E-state index contributed by atoms with van der Waals surface area (Å²) in [5, 5.41) is 6.59. The first-order chi connectivity index (χ1) is 9.56. The topological polar surface area (TPSA) is 41.1 Å². The van der Waals surface area contributed by atoms with Crippen molar-refractivity contribution in [2.24, 2.45) is 0 Å². The molecule has 1 unspecified atom stereocenters. The normalized spacial score (nSPS) is 11.8. The molecule has 104 valence electrons. The van der Waals surface area contributed by atoms with Crippen LogP contribution in [0.1, 0.15) is 6.92 Å². The first kappa shape index (κ1) is 14.9. The molecular weight excluding hydrogens is 340 g/mol. The van der Waals surface area contributed by atoms with Crippen LogP contribution in [-0.2, 0) is 4.79 Å². The zero-order chi connectivity index (χ0) is 14.5. The predicted octanol–water partition coefficient (Wildman–Crippen LogP) is 4.54. The van der Waals surface area contributed by atoms with E-state index in [2.05, 4.69) is 26.6 Å². The molecule has 0 aliphatic heterocycles. The second-order valence-corrected chi connectivity index (χ2v) is 5.64. The molecule has 1 amide bonds. The third kappa shape index (κ3) is 3.99. The number of hydrogen-bond donors (Lipinski definition) is 2. The Labute approximate surface area is 131 Å². The smallest absolute Gasteiger partial charge is 0.246 e. The number of para-hydroxylation sites is 1. The highest BCUT2D eigenvalue weighted by atomic mass is 79.9. The minimum absolute atomic E-state index is 0.108. The van der Waals surface area contributed by atoms with Crippen molar-refractivity contribution < 1.29 is 4.79 Å². The Morgan fingerprint density at radius 2 is 1.90 bits per heavy atom. The number of nitrogens with one attached hydrogen (secondary N) is 2. The number of rotatable bonds is 4. The van der Waals surface area contributed by atoms with Gasteiger partial charge in [0, 0.05) is 15.2 Å². The Balaban J connectivity index is 2.02. The van der Waals surface area contributed by atoms with Crippen LogP contribution in [0.15, 0.2) is 53.0 Å². The van der Waals surface area contributed by atoms with Crippen LogP contribution in [-0.4, -0.2) is 11.9 Å². The fraction of sp³-hybridized carbons (Fsp3) is 0.133. The van der Waals surface area contributed by atoms with Gasteiger partial charge >= 0.3 is 0 Å². The van der Waals surface area contributed by atoms with Gasteiger partial charge in [-0.05, 0) is 53.2 Å². The van der Waals surface area contributed by atoms with Gasteiger partial charge in [0.2, 0.25) is 5.91 Å². The van der Waals surface area contributed by atoms with Crippen molar-refractivity contribution in [3.8, 4) is 0 Å². The average molecular weight is 354 g/mol. The maximum Gasteiger partial charge on any atom is 0.246 e. The molecule has 20 heavy (non-hydrogen) atoms. The minimum Gasteiger partial charge on any atom is -0.373 e. The zero-order valence-corrected chi connectivity index (χ0v) is 13.2. The molecule has 1 atom stereocenters. The minimum atomic E-state index is -0.384. The molecule has 0 aliphatic rings. The summed E-state index contributed by atoms with van der Waals surface area (Å²) in [5.74, 6) is -0.108. The Morgan fingerprint density at radius 1 is 1.20 bits per heavy atom. The van der Waals surface area contributed by atoms with Crippen molar-refractivity contribution in [1.82, 2.24) is 0 Å². The van der Waals surface area contributed by atoms with E-state index in [9.17, 15) is 4.79 Å². The second-order valence-electron chi connectivity index (χ2n) is 4.35. The molecule has 0 radical (unpaired) electrons. The highest BCUT2D eigenvalue weighted by Gasteiger charge is 2.14. The van der Waals surface area contributed by atoms with E-state index < -0.39 is 0 Å². The fourth-order valence-corrected chi connectivity index (χ4v) is 2.21. The number of halogens is 2. The van der Waals surface area contributed by atoms with Crippen LogP contribution in [0.5, 0.6) is 0 Å².